The van der Waals surface area contributed by atoms with E-state index in [0.717, 1.165) is 55.5 Å². The number of piperidine rings is 1. The molecule has 0 bridgehead atoms. The van der Waals surface area contributed by atoms with E-state index < -0.39 is 0 Å². The molecule has 0 radical (unpaired) electrons. The van der Waals surface area contributed by atoms with Crippen molar-refractivity contribution in [3.05, 3.63) is 60.2 Å². The van der Waals surface area contributed by atoms with E-state index in [0.29, 0.717) is 12.1 Å². The molecule has 1 fully saturated rings. The Bertz CT molecular complexity index is 1010. The molecular weight excluding hydrogens is 378 g/mol. The molecule has 156 valence electrons. The molecule has 6 heteroatoms. The minimum atomic E-state index is 0.0313. The van der Waals surface area contributed by atoms with Crippen molar-refractivity contribution in [2.45, 2.75) is 25.7 Å². The van der Waals surface area contributed by atoms with Gasteiger partial charge in [0.05, 0.1) is 0 Å². The number of carbonyl (C=O) groups excluding carboxylic acids is 1. The first-order valence-corrected chi connectivity index (χ1v) is 10.5. The number of phenolic OH excluding ortho intramolecular Hbond substituents is 2. The monoisotopic (exact) mass is 405 g/mol. The zero-order chi connectivity index (χ0) is 20.9. The molecule has 30 heavy (non-hydrogen) atoms. The van der Waals surface area contributed by atoms with Crippen LogP contribution in [0.2, 0.25) is 0 Å². The molecule has 1 amide bonds. The molecule has 2 aromatic carbocycles. The molecule has 0 unspecified atom stereocenters. The van der Waals surface area contributed by atoms with Crippen LogP contribution in [-0.2, 0) is 11.2 Å². The van der Waals surface area contributed by atoms with E-state index in [2.05, 4.69) is 15.2 Å². The summed E-state index contributed by atoms with van der Waals surface area (Å²) in [5, 5.41) is 23.4. The fourth-order valence-electron chi connectivity index (χ4n) is 3.98. The SMILES string of the molecule is O=C(NCCCc1ccc(O)cc1)C1CCN(c2ccc3cccc(O)c3n2)CC1. The van der Waals surface area contributed by atoms with Crippen LogP contribution in [0.5, 0.6) is 11.5 Å². The minimum absolute atomic E-state index is 0.0313. The van der Waals surface area contributed by atoms with E-state index in [1.165, 1.54) is 0 Å². The van der Waals surface area contributed by atoms with Crippen molar-refractivity contribution in [1.82, 2.24) is 10.3 Å². The number of hydrogen-bond donors (Lipinski definition) is 3. The number of nitrogens with zero attached hydrogens (tertiary/aromatic N) is 2. The number of aryl methyl sites for hydroxylation is 1. The quantitative estimate of drug-likeness (QED) is 0.546. The number of rotatable bonds is 6. The average Bonchev–Trinajstić information content (AvgIpc) is 2.78. The Labute approximate surface area is 176 Å². The number of amides is 1. The molecule has 0 spiro atoms. The highest BCUT2D eigenvalue weighted by molar-refractivity contribution is 5.85. The van der Waals surface area contributed by atoms with E-state index >= 15 is 0 Å². The van der Waals surface area contributed by atoms with Crippen molar-refractivity contribution >= 4 is 22.6 Å². The van der Waals surface area contributed by atoms with Gasteiger partial charge in [-0.05, 0) is 61.6 Å². The molecule has 3 aromatic rings. The summed E-state index contributed by atoms with van der Waals surface area (Å²) in [5.41, 5.74) is 1.77. The average molecular weight is 405 g/mol. The van der Waals surface area contributed by atoms with Gasteiger partial charge in [-0.25, -0.2) is 4.98 Å². The molecule has 0 atom stereocenters. The van der Waals surface area contributed by atoms with Gasteiger partial charge >= 0.3 is 0 Å². The largest absolute Gasteiger partial charge is 0.508 e. The molecule has 4 rings (SSSR count). The maximum Gasteiger partial charge on any atom is 0.223 e. The Morgan fingerprint density at radius 2 is 1.80 bits per heavy atom. The first-order chi connectivity index (χ1) is 14.6. The van der Waals surface area contributed by atoms with E-state index in [9.17, 15) is 15.0 Å². The topological polar surface area (TPSA) is 85.7 Å². The first kappa shape index (κ1) is 20.0. The van der Waals surface area contributed by atoms with Crippen LogP contribution in [0.3, 0.4) is 0 Å². The van der Waals surface area contributed by atoms with Crippen molar-refractivity contribution in [1.29, 1.82) is 0 Å². The van der Waals surface area contributed by atoms with Gasteiger partial charge in [-0.1, -0.05) is 24.3 Å². The van der Waals surface area contributed by atoms with Crippen molar-refractivity contribution in [2.75, 3.05) is 24.5 Å². The lowest BCUT2D eigenvalue weighted by molar-refractivity contribution is -0.125. The summed E-state index contributed by atoms with van der Waals surface area (Å²) in [6, 6.07) is 16.5. The minimum Gasteiger partial charge on any atom is -0.508 e. The zero-order valence-electron chi connectivity index (χ0n) is 16.9. The summed E-state index contributed by atoms with van der Waals surface area (Å²) in [6.45, 7) is 2.21. The van der Waals surface area contributed by atoms with Crippen LogP contribution in [0.4, 0.5) is 5.82 Å². The smallest absolute Gasteiger partial charge is 0.223 e. The lowest BCUT2D eigenvalue weighted by Crippen LogP contribution is -2.41. The number of para-hydroxylation sites is 1. The second kappa shape index (κ2) is 9.03. The normalized spacial score (nSPS) is 14.7. The molecule has 1 saturated heterocycles. The number of anilines is 1. The Morgan fingerprint density at radius 3 is 2.57 bits per heavy atom. The number of phenols is 2. The van der Waals surface area contributed by atoms with Gasteiger partial charge in [-0.3, -0.25) is 4.79 Å². The van der Waals surface area contributed by atoms with Crippen LogP contribution < -0.4 is 10.2 Å². The van der Waals surface area contributed by atoms with E-state index in [4.69, 9.17) is 0 Å². The highest BCUT2D eigenvalue weighted by atomic mass is 16.3. The van der Waals surface area contributed by atoms with E-state index in [1.807, 2.05) is 36.4 Å². The Hall–Kier alpha value is -3.28. The summed E-state index contributed by atoms with van der Waals surface area (Å²) >= 11 is 0. The maximum absolute atomic E-state index is 12.5. The summed E-state index contributed by atoms with van der Waals surface area (Å²) < 4.78 is 0. The van der Waals surface area contributed by atoms with Crippen LogP contribution >= 0.6 is 0 Å². The van der Waals surface area contributed by atoms with Gasteiger partial charge in [0.25, 0.3) is 0 Å². The van der Waals surface area contributed by atoms with Gasteiger partial charge in [-0.15, -0.1) is 0 Å². The Balaban J connectivity index is 1.24. The fourth-order valence-corrected chi connectivity index (χ4v) is 3.98. The number of nitrogens with one attached hydrogen (secondary N) is 1. The molecule has 0 saturated carbocycles. The first-order valence-electron chi connectivity index (χ1n) is 10.5. The van der Waals surface area contributed by atoms with Gasteiger partial charge in [0.15, 0.2) is 0 Å². The van der Waals surface area contributed by atoms with Crippen LogP contribution in [-0.4, -0.2) is 40.7 Å². The van der Waals surface area contributed by atoms with Gasteiger partial charge < -0.3 is 20.4 Å². The highest BCUT2D eigenvalue weighted by Crippen LogP contribution is 2.27. The number of carbonyl (C=O) groups is 1. The van der Waals surface area contributed by atoms with E-state index in [1.54, 1.807) is 18.2 Å². The van der Waals surface area contributed by atoms with E-state index in [-0.39, 0.29) is 23.3 Å². The molecule has 2 heterocycles. The zero-order valence-corrected chi connectivity index (χ0v) is 16.9. The predicted molar refractivity (Wildman–Crippen MR) is 118 cm³/mol. The molecule has 6 nitrogen and oxygen atoms in total. The highest BCUT2D eigenvalue weighted by Gasteiger charge is 2.25. The molecule has 1 aliphatic heterocycles. The number of aromatic hydroxyl groups is 2. The van der Waals surface area contributed by atoms with Gasteiger partial charge in [0.2, 0.25) is 5.91 Å². The van der Waals surface area contributed by atoms with Crippen molar-refractivity contribution in [2.24, 2.45) is 5.92 Å². The van der Waals surface area contributed by atoms with Gasteiger partial charge in [0, 0.05) is 30.9 Å². The second-order valence-corrected chi connectivity index (χ2v) is 7.84. The molecule has 1 aliphatic rings. The van der Waals surface area contributed by atoms with Crippen molar-refractivity contribution in [3.63, 3.8) is 0 Å². The number of hydrogen-bond acceptors (Lipinski definition) is 5. The standard InChI is InChI=1S/C24H27N3O3/c28-20-9-6-17(7-10-20)3-2-14-25-24(30)19-12-15-27(16-13-19)22-11-8-18-4-1-5-21(29)23(18)26-22/h1,4-11,19,28-29H,2-3,12-16H2,(H,25,30). The number of fused-ring (bicyclic) bond motifs is 1. The van der Waals surface area contributed by atoms with Crippen LogP contribution in [0.1, 0.15) is 24.8 Å². The third kappa shape index (κ3) is 4.64. The molecule has 3 N–H and O–H groups in total. The molecular formula is C24H27N3O3. The fraction of sp³-hybridized carbons (Fsp3) is 0.333. The van der Waals surface area contributed by atoms with Crippen LogP contribution in [0, 0.1) is 5.92 Å². The van der Waals surface area contributed by atoms with Gasteiger partial charge in [-0.2, -0.15) is 0 Å². The summed E-state index contributed by atoms with van der Waals surface area (Å²) in [4.78, 5) is 19.3. The lowest BCUT2D eigenvalue weighted by Gasteiger charge is -2.32. The van der Waals surface area contributed by atoms with Crippen molar-refractivity contribution < 1.29 is 15.0 Å². The third-order valence-electron chi connectivity index (χ3n) is 5.75. The Kier molecular flexibility index (Phi) is 6.02. The Morgan fingerprint density at radius 1 is 1.03 bits per heavy atom. The van der Waals surface area contributed by atoms with Gasteiger partial charge in [0.1, 0.15) is 22.8 Å². The number of benzene rings is 2. The predicted octanol–water partition coefficient (Wildman–Crippen LogP) is 3.61. The summed E-state index contributed by atoms with van der Waals surface area (Å²) in [6.07, 6.45) is 3.34. The van der Waals surface area contributed by atoms with Crippen LogP contribution in [0.25, 0.3) is 10.9 Å². The maximum atomic E-state index is 12.5. The summed E-state index contributed by atoms with van der Waals surface area (Å²) in [5.74, 6) is 1.47. The third-order valence-corrected chi connectivity index (χ3v) is 5.75. The van der Waals surface area contributed by atoms with Crippen molar-refractivity contribution in [3.8, 4) is 11.5 Å². The second-order valence-electron chi connectivity index (χ2n) is 7.84. The number of aromatic nitrogens is 1. The lowest BCUT2D eigenvalue weighted by atomic mass is 9.95. The van der Waals surface area contributed by atoms with Crippen LogP contribution in [0.15, 0.2) is 54.6 Å². The molecule has 0 aliphatic carbocycles. The summed E-state index contributed by atoms with van der Waals surface area (Å²) in [7, 11) is 0. The molecule has 1 aromatic heterocycles. The number of pyridine rings is 1.